The molecule has 0 fully saturated rings. The van der Waals surface area contributed by atoms with Gasteiger partial charge in [-0.25, -0.2) is 0 Å². The summed E-state index contributed by atoms with van der Waals surface area (Å²) in [5.74, 6) is 0. The number of likely N-dealkylation sites (N-methyl/N-ethyl adjacent to an activating group) is 1. The summed E-state index contributed by atoms with van der Waals surface area (Å²) in [4.78, 5) is 2.39. The van der Waals surface area contributed by atoms with Crippen LogP contribution in [0.1, 0.15) is 64.6 Å². The van der Waals surface area contributed by atoms with E-state index in [4.69, 9.17) is 5.73 Å². The minimum atomic E-state index is 0.0922. The van der Waals surface area contributed by atoms with E-state index in [1.807, 2.05) is 0 Å². The highest BCUT2D eigenvalue weighted by atomic mass is 15.1. The minimum absolute atomic E-state index is 0.0922. The van der Waals surface area contributed by atoms with Gasteiger partial charge in [0, 0.05) is 18.6 Å². The monoisotopic (exact) mass is 276 g/mol. The third-order valence-electron chi connectivity index (χ3n) is 4.26. The summed E-state index contributed by atoms with van der Waals surface area (Å²) in [5.41, 5.74) is 9.16. The Morgan fingerprint density at radius 3 is 1.95 bits per heavy atom. The summed E-state index contributed by atoms with van der Waals surface area (Å²) in [6.45, 7) is 12.1. The second kappa shape index (κ2) is 7.24. The fourth-order valence-corrected chi connectivity index (χ4v) is 2.71. The lowest BCUT2D eigenvalue weighted by Gasteiger charge is -2.29. The summed E-state index contributed by atoms with van der Waals surface area (Å²) < 4.78 is 0. The van der Waals surface area contributed by atoms with Gasteiger partial charge in [0.2, 0.25) is 0 Å². The molecule has 2 nitrogen and oxygen atoms in total. The zero-order valence-electron chi connectivity index (χ0n) is 14.1. The molecule has 0 bridgehead atoms. The van der Waals surface area contributed by atoms with Crippen LogP contribution in [0.3, 0.4) is 0 Å². The molecule has 0 saturated carbocycles. The molecule has 2 heteroatoms. The van der Waals surface area contributed by atoms with Crippen molar-refractivity contribution in [3.8, 4) is 0 Å². The van der Waals surface area contributed by atoms with E-state index in [0.29, 0.717) is 6.04 Å². The number of nitrogens with zero attached hydrogens (tertiary/aromatic N) is 1. The fourth-order valence-electron chi connectivity index (χ4n) is 2.71. The Balaban J connectivity index is 2.71. The summed E-state index contributed by atoms with van der Waals surface area (Å²) in [6.07, 6.45) is 2.37. The van der Waals surface area contributed by atoms with E-state index < -0.39 is 0 Å². The molecule has 1 rings (SSSR count). The van der Waals surface area contributed by atoms with Crippen molar-refractivity contribution in [2.75, 3.05) is 13.6 Å². The van der Waals surface area contributed by atoms with Gasteiger partial charge in [-0.05, 0) is 36.4 Å². The largest absolute Gasteiger partial charge is 0.323 e. The molecule has 1 aromatic rings. The van der Waals surface area contributed by atoms with Gasteiger partial charge in [0.1, 0.15) is 0 Å². The van der Waals surface area contributed by atoms with Crippen molar-refractivity contribution < 1.29 is 0 Å². The van der Waals surface area contributed by atoms with Crippen molar-refractivity contribution >= 4 is 0 Å². The molecule has 0 aliphatic heterocycles. The normalized spacial score (nSPS) is 14.1. The van der Waals surface area contributed by atoms with Gasteiger partial charge in [-0.2, -0.15) is 0 Å². The highest BCUT2D eigenvalue weighted by Crippen LogP contribution is 2.24. The summed E-state index contributed by atoms with van der Waals surface area (Å²) >= 11 is 0. The predicted molar refractivity (Wildman–Crippen MR) is 89.1 cm³/mol. The van der Waals surface area contributed by atoms with Gasteiger partial charge in [0.15, 0.2) is 0 Å². The molecule has 0 aromatic heterocycles. The molecule has 0 radical (unpaired) electrons. The molecule has 0 spiro atoms. The van der Waals surface area contributed by atoms with Crippen molar-refractivity contribution in [1.29, 1.82) is 0 Å². The molecule has 1 atom stereocenters. The Morgan fingerprint density at radius 1 is 1.05 bits per heavy atom. The van der Waals surface area contributed by atoms with Crippen LogP contribution in [0.15, 0.2) is 24.3 Å². The van der Waals surface area contributed by atoms with Crippen molar-refractivity contribution in [2.45, 2.75) is 65.0 Å². The average molecular weight is 276 g/mol. The quantitative estimate of drug-likeness (QED) is 0.847. The van der Waals surface area contributed by atoms with Crippen molar-refractivity contribution in [3.63, 3.8) is 0 Å². The van der Waals surface area contributed by atoms with Crippen molar-refractivity contribution in [1.82, 2.24) is 4.90 Å². The first-order valence-electron chi connectivity index (χ1n) is 7.85. The molecular formula is C18H32N2. The van der Waals surface area contributed by atoms with E-state index in [1.165, 1.54) is 24.0 Å². The first kappa shape index (κ1) is 17.2. The predicted octanol–water partition coefficient (Wildman–Crippen LogP) is 4.10. The maximum Gasteiger partial charge on any atom is 0.0424 e. The van der Waals surface area contributed by atoms with Crippen molar-refractivity contribution in [2.24, 2.45) is 5.73 Å². The SMILES string of the molecule is CCC(CC)N(C)CC(N)c1ccc(C(C)(C)C)cc1. The molecule has 1 unspecified atom stereocenters. The Hall–Kier alpha value is -0.860. The third-order valence-corrected chi connectivity index (χ3v) is 4.26. The molecule has 1 aromatic carbocycles. The van der Waals surface area contributed by atoms with E-state index in [0.717, 1.165) is 6.54 Å². The van der Waals surface area contributed by atoms with Crippen LogP contribution in [0.2, 0.25) is 0 Å². The molecule has 0 amide bonds. The van der Waals surface area contributed by atoms with Gasteiger partial charge in [-0.15, -0.1) is 0 Å². The minimum Gasteiger partial charge on any atom is -0.323 e. The number of benzene rings is 1. The second-order valence-electron chi connectivity index (χ2n) is 6.89. The zero-order chi connectivity index (χ0) is 15.3. The van der Waals surface area contributed by atoms with Crippen LogP contribution in [0.4, 0.5) is 0 Å². The Kier molecular flexibility index (Phi) is 6.22. The maximum absolute atomic E-state index is 6.36. The molecule has 0 heterocycles. The average Bonchev–Trinajstić information content (AvgIpc) is 2.39. The number of hydrogen-bond donors (Lipinski definition) is 1. The Labute approximate surface area is 125 Å². The van der Waals surface area contributed by atoms with Gasteiger partial charge in [0.05, 0.1) is 0 Å². The highest BCUT2D eigenvalue weighted by molar-refractivity contribution is 5.29. The summed E-state index contributed by atoms with van der Waals surface area (Å²) in [7, 11) is 2.18. The van der Waals surface area contributed by atoms with Gasteiger partial charge in [-0.3, -0.25) is 0 Å². The van der Waals surface area contributed by atoms with E-state index in [1.54, 1.807) is 0 Å². The molecule has 0 aliphatic rings. The first-order valence-corrected chi connectivity index (χ1v) is 7.85. The van der Waals surface area contributed by atoms with Crippen LogP contribution in [0, 0.1) is 0 Å². The maximum atomic E-state index is 6.36. The molecule has 114 valence electrons. The van der Waals surface area contributed by atoms with Crippen molar-refractivity contribution in [3.05, 3.63) is 35.4 Å². The second-order valence-corrected chi connectivity index (χ2v) is 6.89. The first-order chi connectivity index (χ1) is 9.29. The molecule has 20 heavy (non-hydrogen) atoms. The number of hydrogen-bond acceptors (Lipinski definition) is 2. The molecule has 0 saturated heterocycles. The van der Waals surface area contributed by atoms with Gasteiger partial charge in [0.25, 0.3) is 0 Å². The smallest absolute Gasteiger partial charge is 0.0424 e. The number of rotatable bonds is 6. The Bertz CT molecular complexity index is 385. The molecule has 2 N–H and O–H groups in total. The van der Waals surface area contributed by atoms with Crippen LogP contribution in [-0.2, 0) is 5.41 Å². The van der Waals surface area contributed by atoms with E-state index in [9.17, 15) is 0 Å². The van der Waals surface area contributed by atoms with Crippen LogP contribution in [-0.4, -0.2) is 24.5 Å². The lowest BCUT2D eigenvalue weighted by molar-refractivity contribution is 0.217. The van der Waals surface area contributed by atoms with E-state index in [-0.39, 0.29) is 11.5 Å². The van der Waals surface area contributed by atoms with Gasteiger partial charge < -0.3 is 10.6 Å². The summed E-state index contributed by atoms with van der Waals surface area (Å²) in [5, 5.41) is 0. The van der Waals surface area contributed by atoms with E-state index >= 15 is 0 Å². The molecular weight excluding hydrogens is 244 g/mol. The summed E-state index contributed by atoms with van der Waals surface area (Å²) in [6, 6.07) is 9.53. The van der Waals surface area contributed by atoms with Crippen LogP contribution >= 0.6 is 0 Å². The van der Waals surface area contributed by atoms with Crippen LogP contribution in [0.25, 0.3) is 0 Å². The Morgan fingerprint density at radius 2 is 1.55 bits per heavy atom. The van der Waals surface area contributed by atoms with Gasteiger partial charge >= 0.3 is 0 Å². The standard InChI is InChI=1S/C18H32N2/c1-7-16(8-2)20(6)13-17(19)14-9-11-15(12-10-14)18(3,4)5/h9-12,16-17H,7-8,13,19H2,1-6H3. The van der Waals surface area contributed by atoms with Gasteiger partial charge in [-0.1, -0.05) is 58.9 Å². The van der Waals surface area contributed by atoms with Crippen LogP contribution < -0.4 is 5.73 Å². The lowest BCUT2D eigenvalue weighted by Crippen LogP contribution is -2.36. The number of nitrogens with two attached hydrogens (primary N) is 1. The lowest BCUT2D eigenvalue weighted by atomic mass is 9.86. The highest BCUT2D eigenvalue weighted by Gasteiger charge is 2.17. The fraction of sp³-hybridized carbons (Fsp3) is 0.667. The van der Waals surface area contributed by atoms with Crippen LogP contribution in [0.5, 0.6) is 0 Å². The molecule has 0 aliphatic carbocycles. The third kappa shape index (κ3) is 4.60. The van der Waals surface area contributed by atoms with E-state index in [2.05, 4.69) is 70.8 Å². The topological polar surface area (TPSA) is 29.3 Å². The zero-order valence-corrected chi connectivity index (χ0v) is 14.1.